The lowest BCUT2D eigenvalue weighted by Crippen LogP contribution is -2.02. The molecule has 0 amide bonds. The van der Waals surface area contributed by atoms with Gasteiger partial charge in [-0.25, -0.2) is 4.79 Å². The van der Waals surface area contributed by atoms with Crippen LogP contribution in [-0.4, -0.2) is 17.7 Å². The Morgan fingerprint density at radius 3 is 2.47 bits per heavy atom. The third kappa shape index (κ3) is 3.60. The molecule has 1 N–H and O–H groups in total. The maximum absolute atomic E-state index is 11.0. The molecular formula is C16H20O3. The van der Waals surface area contributed by atoms with Crippen molar-refractivity contribution < 1.29 is 14.6 Å². The Morgan fingerprint density at radius 2 is 1.95 bits per heavy atom. The molecule has 3 nitrogen and oxygen atoms in total. The predicted molar refractivity (Wildman–Crippen MR) is 75.2 cm³/mol. The van der Waals surface area contributed by atoms with Gasteiger partial charge in [-0.05, 0) is 49.0 Å². The van der Waals surface area contributed by atoms with Crippen LogP contribution in [0.1, 0.15) is 38.2 Å². The lowest BCUT2D eigenvalue weighted by atomic mass is 9.91. The van der Waals surface area contributed by atoms with E-state index in [0.29, 0.717) is 12.5 Å². The third-order valence-electron chi connectivity index (χ3n) is 3.57. The van der Waals surface area contributed by atoms with E-state index in [1.165, 1.54) is 18.9 Å². The predicted octanol–water partition coefficient (Wildman–Crippen LogP) is 3.74. The first-order chi connectivity index (χ1) is 9.20. The number of carboxylic acids is 1. The molecule has 0 unspecified atom stereocenters. The average molecular weight is 260 g/mol. The molecule has 0 aliphatic heterocycles. The number of hydrogen-bond donors (Lipinski definition) is 1. The Bertz CT molecular complexity index is 453. The van der Waals surface area contributed by atoms with Crippen LogP contribution in [0.3, 0.4) is 0 Å². The van der Waals surface area contributed by atoms with Gasteiger partial charge in [-0.2, -0.15) is 0 Å². The molecule has 0 aromatic heterocycles. The van der Waals surface area contributed by atoms with Gasteiger partial charge in [0.15, 0.2) is 0 Å². The first-order valence-corrected chi connectivity index (χ1v) is 6.88. The molecule has 3 heteroatoms. The van der Waals surface area contributed by atoms with Gasteiger partial charge in [-0.1, -0.05) is 25.0 Å². The van der Waals surface area contributed by atoms with Gasteiger partial charge in [0.25, 0.3) is 0 Å². The molecule has 1 fully saturated rings. The van der Waals surface area contributed by atoms with Crippen molar-refractivity contribution in [2.75, 3.05) is 6.61 Å². The lowest BCUT2D eigenvalue weighted by molar-refractivity contribution is -0.131. The van der Waals surface area contributed by atoms with Crippen LogP contribution in [-0.2, 0) is 4.79 Å². The van der Waals surface area contributed by atoms with Crippen molar-refractivity contribution in [3.8, 4) is 5.75 Å². The zero-order valence-corrected chi connectivity index (χ0v) is 11.3. The van der Waals surface area contributed by atoms with E-state index in [1.54, 1.807) is 0 Å². The van der Waals surface area contributed by atoms with Gasteiger partial charge < -0.3 is 9.84 Å². The van der Waals surface area contributed by atoms with E-state index in [4.69, 9.17) is 9.84 Å². The zero-order valence-electron chi connectivity index (χ0n) is 11.3. The summed E-state index contributed by atoms with van der Waals surface area (Å²) in [5.41, 5.74) is 1.95. The highest BCUT2D eigenvalue weighted by Gasteiger charge is 2.21. The number of carbonyl (C=O) groups is 1. The maximum atomic E-state index is 11.0. The second-order valence-electron chi connectivity index (χ2n) is 4.88. The molecule has 1 aliphatic rings. The van der Waals surface area contributed by atoms with Crippen molar-refractivity contribution in [2.45, 2.75) is 32.6 Å². The van der Waals surface area contributed by atoms with Crippen LogP contribution in [0.15, 0.2) is 30.3 Å². The summed E-state index contributed by atoms with van der Waals surface area (Å²) >= 11 is 0. The van der Waals surface area contributed by atoms with Crippen LogP contribution in [0.2, 0.25) is 0 Å². The van der Waals surface area contributed by atoms with E-state index >= 15 is 0 Å². The summed E-state index contributed by atoms with van der Waals surface area (Å²) in [5, 5.41) is 9.04. The van der Waals surface area contributed by atoms with Crippen molar-refractivity contribution in [3.05, 3.63) is 35.9 Å². The van der Waals surface area contributed by atoms with Crippen molar-refractivity contribution in [2.24, 2.45) is 5.92 Å². The molecular weight excluding hydrogens is 240 g/mol. The molecule has 0 saturated heterocycles. The minimum Gasteiger partial charge on any atom is -0.494 e. The molecule has 0 radical (unpaired) electrons. The average Bonchev–Trinajstić information content (AvgIpc) is 2.91. The monoisotopic (exact) mass is 260 g/mol. The maximum Gasteiger partial charge on any atom is 0.328 e. The normalized spacial score (nSPS) is 16.6. The molecule has 1 aliphatic carbocycles. The highest BCUT2D eigenvalue weighted by Crippen LogP contribution is 2.36. The molecule has 19 heavy (non-hydrogen) atoms. The van der Waals surface area contributed by atoms with E-state index in [0.717, 1.165) is 29.7 Å². The van der Waals surface area contributed by atoms with Gasteiger partial charge in [0.2, 0.25) is 0 Å². The summed E-state index contributed by atoms with van der Waals surface area (Å²) in [4.78, 5) is 11.0. The Morgan fingerprint density at radius 1 is 1.32 bits per heavy atom. The van der Waals surface area contributed by atoms with E-state index in [9.17, 15) is 4.79 Å². The standard InChI is InChI=1S/C16H20O3/c1-2-19-14-9-7-13(8-10-14)15(11-16(17)18)12-5-3-4-6-12/h7-12H,2-6H2,1H3,(H,17,18)/b15-11+. The van der Waals surface area contributed by atoms with Crippen LogP contribution < -0.4 is 4.74 Å². The summed E-state index contributed by atoms with van der Waals surface area (Å²) in [5.74, 6) is 0.345. The zero-order chi connectivity index (χ0) is 13.7. The number of aliphatic carboxylic acids is 1. The Kier molecular flexibility index (Phi) is 4.61. The molecule has 0 heterocycles. The molecule has 1 aromatic carbocycles. The number of carboxylic acid groups (broad SMARTS) is 1. The van der Waals surface area contributed by atoms with Crippen LogP contribution in [0.25, 0.3) is 5.57 Å². The van der Waals surface area contributed by atoms with Gasteiger partial charge in [0.1, 0.15) is 5.75 Å². The number of hydrogen-bond acceptors (Lipinski definition) is 2. The number of benzene rings is 1. The Hall–Kier alpha value is -1.77. The second-order valence-corrected chi connectivity index (χ2v) is 4.88. The van der Waals surface area contributed by atoms with Crippen molar-refractivity contribution in [1.82, 2.24) is 0 Å². The van der Waals surface area contributed by atoms with Crippen LogP contribution in [0.5, 0.6) is 5.75 Å². The Labute approximate surface area is 113 Å². The van der Waals surface area contributed by atoms with Crippen LogP contribution in [0.4, 0.5) is 0 Å². The van der Waals surface area contributed by atoms with Gasteiger partial charge in [-0.3, -0.25) is 0 Å². The van der Waals surface area contributed by atoms with Crippen molar-refractivity contribution >= 4 is 11.5 Å². The van der Waals surface area contributed by atoms with Gasteiger partial charge in [0, 0.05) is 6.08 Å². The van der Waals surface area contributed by atoms with E-state index in [-0.39, 0.29) is 0 Å². The highest BCUT2D eigenvalue weighted by molar-refractivity contribution is 5.90. The SMILES string of the molecule is CCOc1ccc(/C(=C/C(=O)O)C2CCCC2)cc1. The Balaban J connectivity index is 2.24. The lowest BCUT2D eigenvalue weighted by Gasteiger charge is -2.15. The molecule has 102 valence electrons. The van der Waals surface area contributed by atoms with Crippen LogP contribution in [0, 0.1) is 5.92 Å². The van der Waals surface area contributed by atoms with Crippen molar-refractivity contribution in [1.29, 1.82) is 0 Å². The molecule has 0 atom stereocenters. The fourth-order valence-corrected chi connectivity index (χ4v) is 2.72. The first kappa shape index (κ1) is 13.7. The molecule has 1 aromatic rings. The summed E-state index contributed by atoms with van der Waals surface area (Å²) in [6, 6.07) is 7.73. The molecule has 1 saturated carbocycles. The number of allylic oxidation sites excluding steroid dienone is 1. The summed E-state index contributed by atoms with van der Waals surface area (Å²) in [6.07, 6.45) is 5.93. The number of rotatable bonds is 5. The number of ether oxygens (including phenoxy) is 1. The fourth-order valence-electron chi connectivity index (χ4n) is 2.72. The van der Waals surface area contributed by atoms with E-state index < -0.39 is 5.97 Å². The summed E-state index contributed by atoms with van der Waals surface area (Å²) < 4.78 is 5.41. The van der Waals surface area contributed by atoms with Crippen LogP contribution >= 0.6 is 0 Å². The minimum absolute atomic E-state index is 0.383. The third-order valence-corrected chi connectivity index (χ3v) is 3.57. The molecule has 0 bridgehead atoms. The minimum atomic E-state index is -0.865. The highest BCUT2D eigenvalue weighted by atomic mass is 16.5. The topological polar surface area (TPSA) is 46.5 Å². The second kappa shape index (κ2) is 6.41. The first-order valence-electron chi connectivity index (χ1n) is 6.88. The molecule has 2 rings (SSSR count). The van der Waals surface area contributed by atoms with E-state index in [1.807, 2.05) is 31.2 Å². The van der Waals surface area contributed by atoms with E-state index in [2.05, 4.69) is 0 Å². The van der Waals surface area contributed by atoms with Gasteiger partial charge in [-0.15, -0.1) is 0 Å². The summed E-state index contributed by atoms with van der Waals surface area (Å²) in [7, 11) is 0. The smallest absolute Gasteiger partial charge is 0.328 e. The van der Waals surface area contributed by atoms with Crippen molar-refractivity contribution in [3.63, 3.8) is 0 Å². The largest absolute Gasteiger partial charge is 0.494 e. The van der Waals surface area contributed by atoms with Gasteiger partial charge >= 0.3 is 5.97 Å². The van der Waals surface area contributed by atoms with Gasteiger partial charge in [0.05, 0.1) is 6.61 Å². The molecule has 0 spiro atoms. The summed E-state index contributed by atoms with van der Waals surface area (Å²) in [6.45, 7) is 2.59. The quantitative estimate of drug-likeness (QED) is 0.820. The fraction of sp³-hybridized carbons (Fsp3) is 0.438.